The molecule has 4 heteroatoms. The third-order valence-electron chi connectivity index (χ3n) is 4.50. The van der Waals surface area contributed by atoms with Crippen LogP contribution in [0.2, 0.25) is 0 Å². The molecule has 2 aliphatic rings. The van der Waals surface area contributed by atoms with Gasteiger partial charge in [-0.05, 0) is 18.8 Å². The molecule has 3 rings (SSSR count). The SMILES string of the molecule is CC(C)c1c2c(nn1C)CC1(CC1)/C(=C/N(C)C)C2=O. The van der Waals surface area contributed by atoms with E-state index in [0.29, 0.717) is 5.92 Å². The van der Waals surface area contributed by atoms with E-state index in [-0.39, 0.29) is 11.2 Å². The van der Waals surface area contributed by atoms with E-state index in [1.165, 1.54) is 0 Å². The van der Waals surface area contributed by atoms with Crippen LogP contribution >= 0.6 is 0 Å². The zero-order chi connectivity index (χ0) is 14.7. The quantitative estimate of drug-likeness (QED) is 0.777. The molecule has 1 saturated carbocycles. The van der Waals surface area contributed by atoms with Gasteiger partial charge in [-0.25, -0.2) is 0 Å². The molecule has 108 valence electrons. The van der Waals surface area contributed by atoms with Crippen LogP contribution in [0.15, 0.2) is 11.8 Å². The van der Waals surface area contributed by atoms with Gasteiger partial charge in [-0.2, -0.15) is 5.10 Å². The van der Waals surface area contributed by atoms with Crippen LogP contribution in [0.25, 0.3) is 0 Å². The van der Waals surface area contributed by atoms with Gasteiger partial charge >= 0.3 is 0 Å². The Hall–Kier alpha value is -1.58. The number of carbonyl (C=O) groups excluding carboxylic acids is 1. The fraction of sp³-hybridized carbons (Fsp3) is 0.625. The number of aromatic nitrogens is 2. The van der Waals surface area contributed by atoms with E-state index < -0.39 is 0 Å². The molecular formula is C16H23N3O. The zero-order valence-corrected chi connectivity index (χ0v) is 13.0. The predicted octanol–water partition coefficient (Wildman–Crippen LogP) is 2.51. The van der Waals surface area contributed by atoms with Crippen LogP contribution in [-0.2, 0) is 13.5 Å². The van der Waals surface area contributed by atoms with Crippen LogP contribution < -0.4 is 0 Å². The summed E-state index contributed by atoms with van der Waals surface area (Å²) in [5, 5.41) is 4.63. The molecule has 20 heavy (non-hydrogen) atoms. The van der Waals surface area contributed by atoms with E-state index in [1.54, 1.807) is 0 Å². The highest BCUT2D eigenvalue weighted by atomic mass is 16.1. The lowest BCUT2D eigenvalue weighted by Gasteiger charge is -2.25. The maximum Gasteiger partial charge on any atom is 0.194 e. The van der Waals surface area contributed by atoms with Crippen molar-refractivity contribution in [2.45, 2.75) is 39.0 Å². The minimum atomic E-state index is 0.0803. The first kappa shape index (κ1) is 13.4. The summed E-state index contributed by atoms with van der Waals surface area (Å²) in [5.74, 6) is 0.517. The van der Waals surface area contributed by atoms with E-state index in [4.69, 9.17) is 0 Å². The van der Waals surface area contributed by atoms with Crippen molar-refractivity contribution in [3.05, 3.63) is 28.7 Å². The molecule has 2 aliphatic carbocycles. The summed E-state index contributed by atoms with van der Waals surface area (Å²) in [7, 11) is 5.92. The van der Waals surface area contributed by atoms with E-state index >= 15 is 0 Å². The Kier molecular flexibility index (Phi) is 2.82. The van der Waals surface area contributed by atoms with Gasteiger partial charge in [0.2, 0.25) is 0 Å². The molecule has 0 unspecified atom stereocenters. The van der Waals surface area contributed by atoms with Gasteiger partial charge in [0.15, 0.2) is 5.78 Å². The second-order valence-corrected chi connectivity index (χ2v) is 6.78. The Balaban J connectivity index is 2.16. The van der Waals surface area contributed by atoms with Crippen LogP contribution in [0, 0.1) is 5.41 Å². The number of Topliss-reactive ketones (excluding diaryl/α,β-unsaturated/α-hetero) is 1. The van der Waals surface area contributed by atoms with Gasteiger partial charge in [-0.15, -0.1) is 0 Å². The summed E-state index contributed by atoms with van der Waals surface area (Å²) >= 11 is 0. The fourth-order valence-corrected chi connectivity index (χ4v) is 3.47. The van der Waals surface area contributed by atoms with E-state index in [0.717, 1.165) is 41.8 Å². The number of hydrogen-bond acceptors (Lipinski definition) is 3. The van der Waals surface area contributed by atoms with Crippen molar-refractivity contribution in [3.8, 4) is 0 Å². The molecule has 0 aromatic carbocycles. The van der Waals surface area contributed by atoms with Gasteiger partial charge < -0.3 is 4.90 Å². The van der Waals surface area contributed by atoms with Crippen molar-refractivity contribution in [2.24, 2.45) is 12.5 Å². The first-order valence-corrected chi connectivity index (χ1v) is 7.35. The molecule has 0 atom stereocenters. The molecule has 0 N–H and O–H groups in total. The number of fused-ring (bicyclic) bond motifs is 1. The Morgan fingerprint density at radius 2 is 2.00 bits per heavy atom. The van der Waals surface area contributed by atoms with Gasteiger partial charge in [-0.3, -0.25) is 9.48 Å². The number of rotatable bonds is 2. The number of allylic oxidation sites excluding steroid dienone is 1. The summed E-state index contributed by atoms with van der Waals surface area (Å²) in [5.41, 5.74) is 4.02. The summed E-state index contributed by atoms with van der Waals surface area (Å²) < 4.78 is 1.90. The summed E-state index contributed by atoms with van der Waals surface area (Å²) in [6.07, 6.45) is 5.18. The van der Waals surface area contributed by atoms with Crippen LogP contribution in [0.3, 0.4) is 0 Å². The maximum absolute atomic E-state index is 13.0. The Labute approximate surface area is 120 Å². The zero-order valence-electron chi connectivity index (χ0n) is 13.0. The van der Waals surface area contributed by atoms with E-state index in [1.807, 2.05) is 36.9 Å². The first-order valence-electron chi connectivity index (χ1n) is 7.35. The number of aryl methyl sites for hydroxylation is 1. The third-order valence-corrected chi connectivity index (χ3v) is 4.50. The molecule has 0 radical (unpaired) electrons. The van der Waals surface area contributed by atoms with Crippen LogP contribution in [0.5, 0.6) is 0 Å². The minimum absolute atomic E-state index is 0.0803. The van der Waals surface area contributed by atoms with Crippen molar-refractivity contribution < 1.29 is 4.79 Å². The van der Waals surface area contributed by atoms with E-state index in [9.17, 15) is 4.79 Å². The molecule has 4 nitrogen and oxygen atoms in total. The Bertz CT molecular complexity index is 603. The van der Waals surface area contributed by atoms with Crippen molar-refractivity contribution in [2.75, 3.05) is 14.1 Å². The molecule has 1 aromatic rings. The average molecular weight is 273 g/mol. The Morgan fingerprint density at radius 3 is 2.50 bits per heavy atom. The lowest BCUT2D eigenvalue weighted by Crippen LogP contribution is -2.27. The minimum Gasteiger partial charge on any atom is -0.383 e. The van der Waals surface area contributed by atoms with Gasteiger partial charge in [0.25, 0.3) is 0 Å². The Morgan fingerprint density at radius 1 is 1.35 bits per heavy atom. The summed E-state index contributed by atoms with van der Waals surface area (Å²) in [6.45, 7) is 4.25. The van der Waals surface area contributed by atoms with Crippen molar-refractivity contribution in [3.63, 3.8) is 0 Å². The molecule has 0 amide bonds. The molecular weight excluding hydrogens is 250 g/mol. The molecule has 1 aromatic heterocycles. The molecule has 0 bridgehead atoms. The molecule has 0 saturated heterocycles. The van der Waals surface area contributed by atoms with Crippen LogP contribution in [0.4, 0.5) is 0 Å². The summed E-state index contributed by atoms with van der Waals surface area (Å²) in [4.78, 5) is 15.0. The second-order valence-electron chi connectivity index (χ2n) is 6.78. The number of ketones is 1. The number of nitrogens with zero attached hydrogens (tertiary/aromatic N) is 3. The van der Waals surface area contributed by atoms with Gasteiger partial charge in [0.05, 0.1) is 17.0 Å². The molecule has 0 aliphatic heterocycles. The van der Waals surface area contributed by atoms with Gasteiger partial charge in [0, 0.05) is 44.8 Å². The molecule has 1 heterocycles. The average Bonchev–Trinajstić information content (AvgIpc) is 3.00. The predicted molar refractivity (Wildman–Crippen MR) is 78.8 cm³/mol. The van der Waals surface area contributed by atoms with Gasteiger partial charge in [0.1, 0.15) is 0 Å². The number of carbonyl (C=O) groups is 1. The highest BCUT2D eigenvalue weighted by molar-refractivity contribution is 6.12. The van der Waals surface area contributed by atoms with E-state index in [2.05, 4.69) is 18.9 Å². The largest absolute Gasteiger partial charge is 0.383 e. The van der Waals surface area contributed by atoms with Crippen molar-refractivity contribution in [1.29, 1.82) is 0 Å². The highest BCUT2D eigenvalue weighted by Gasteiger charge is 2.53. The lowest BCUT2D eigenvalue weighted by molar-refractivity contribution is 0.100. The first-order chi connectivity index (χ1) is 9.35. The maximum atomic E-state index is 13.0. The normalized spacial score (nSPS) is 21.7. The van der Waals surface area contributed by atoms with Crippen molar-refractivity contribution in [1.82, 2.24) is 14.7 Å². The summed E-state index contributed by atoms with van der Waals surface area (Å²) in [6, 6.07) is 0. The lowest BCUT2D eigenvalue weighted by atomic mass is 9.78. The van der Waals surface area contributed by atoms with Crippen LogP contribution in [0.1, 0.15) is 54.4 Å². The molecule has 1 fully saturated rings. The monoisotopic (exact) mass is 273 g/mol. The number of hydrogen-bond donors (Lipinski definition) is 0. The fourth-order valence-electron chi connectivity index (χ4n) is 3.47. The van der Waals surface area contributed by atoms with Crippen LogP contribution in [-0.4, -0.2) is 34.6 Å². The highest BCUT2D eigenvalue weighted by Crippen LogP contribution is 2.58. The van der Waals surface area contributed by atoms with Gasteiger partial charge in [-0.1, -0.05) is 13.8 Å². The topological polar surface area (TPSA) is 38.1 Å². The van der Waals surface area contributed by atoms with Crippen molar-refractivity contribution >= 4 is 5.78 Å². The third kappa shape index (κ3) is 1.81. The molecule has 1 spiro atoms. The second kappa shape index (κ2) is 4.21. The smallest absolute Gasteiger partial charge is 0.194 e. The standard InChI is InChI=1S/C16H23N3O/c1-10(2)14-13-12(17-19(14)5)8-16(6-7-16)11(15(13)20)9-18(3)4/h9-10H,6-8H2,1-5H3/b11-9+.